The molecule has 0 saturated carbocycles. The fraction of sp³-hybridized carbons (Fsp3) is 0.333. The second kappa shape index (κ2) is 8.63. The van der Waals surface area contributed by atoms with Gasteiger partial charge in [0.1, 0.15) is 0 Å². The first-order chi connectivity index (χ1) is 15.0. The Bertz CT molecular complexity index is 1080. The molecule has 1 aliphatic heterocycles. The Morgan fingerprint density at radius 3 is 2.42 bits per heavy atom. The largest absolute Gasteiger partial charge is 0.493 e. The lowest BCUT2D eigenvalue weighted by molar-refractivity contribution is -0.119. The molecule has 1 atom stereocenters. The Morgan fingerprint density at radius 1 is 0.968 bits per heavy atom. The molecule has 0 unspecified atom stereocenters. The molecule has 1 aliphatic carbocycles. The third-order valence-corrected chi connectivity index (χ3v) is 6.09. The van der Waals surface area contributed by atoms with Gasteiger partial charge in [-0.05, 0) is 37.1 Å². The van der Waals surface area contributed by atoms with Crippen molar-refractivity contribution in [1.82, 2.24) is 0 Å². The van der Waals surface area contributed by atoms with Gasteiger partial charge in [-0.2, -0.15) is 0 Å². The predicted molar refractivity (Wildman–Crippen MR) is 118 cm³/mol. The van der Waals surface area contributed by atoms with Gasteiger partial charge in [0.25, 0.3) is 0 Å². The molecule has 162 valence electrons. The summed E-state index contributed by atoms with van der Waals surface area (Å²) in [7, 11) is 4.63. The third-order valence-electron chi connectivity index (χ3n) is 5.85. The molecule has 1 heterocycles. The molecule has 0 aromatic heterocycles. The van der Waals surface area contributed by atoms with Crippen LogP contribution in [0.5, 0.6) is 17.2 Å². The zero-order chi connectivity index (χ0) is 22.1. The fourth-order valence-corrected chi connectivity index (χ4v) is 4.76. The zero-order valence-corrected chi connectivity index (χ0v) is 18.5. The summed E-state index contributed by atoms with van der Waals surface area (Å²) in [4.78, 5) is 28.1. The van der Waals surface area contributed by atoms with Crippen molar-refractivity contribution in [1.29, 1.82) is 0 Å². The van der Waals surface area contributed by atoms with Crippen LogP contribution < -0.4 is 19.1 Å². The van der Waals surface area contributed by atoms with Crippen LogP contribution in [-0.2, 0) is 9.59 Å². The molecule has 0 saturated heterocycles. The van der Waals surface area contributed by atoms with E-state index in [1.54, 1.807) is 43.4 Å². The van der Waals surface area contributed by atoms with Crippen molar-refractivity contribution in [3.05, 3.63) is 58.3 Å². The number of ether oxygens (including phenoxy) is 3. The van der Waals surface area contributed by atoms with Crippen LogP contribution in [0.4, 0.5) is 5.69 Å². The van der Waals surface area contributed by atoms with Crippen LogP contribution in [-0.4, -0.2) is 33.0 Å². The molecule has 0 spiro atoms. The average molecular weight is 442 g/mol. The van der Waals surface area contributed by atoms with E-state index >= 15 is 0 Å². The number of anilines is 1. The average Bonchev–Trinajstić information content (AvgIpc) is 2.77. The summed E-state index contributed by atoms with van der Waals surface area (Å²) in [5.41, 5.74) is 2.83. The number of hydrogen-bond donors (Lipinski definition) is 0. The Hall–Kier alpha value is -2.99. The number of Topliss-reactive ketones (excluding diaryl/α,β-unsaturated/α-hetero) is 1. The van der Waals surface area contributed by atoms with Crippen LogP contribution in [0.15, 0.2) is 47.7 Å². The normalized spacial score (nSPS) is 18.7. The minimum atomic E-state index is -0.416. The van der Waals surface area contributed by atoms with Gasteiger partial charge in [0, 0.05) is 40.6 Å². The molecule has 2 aliphatic rings. The quantitative estimate of drug-likeness (QED) is 0.660. The van der Waals surface area contributed by atoms with Gasteiger partial charge in [0.2, 0.25) is 11.7 Å². The number of allylic oxidation sites excluding steroid dienone is 2. The van der Waals surface area contributed by atoms with Crippen LogP contribution in [0.1, 0.15) is 37.2 Å². The van der Waals surface area contributed by atoms with Gasteiger partial charge in [-0.15, -0.1) is 0 Å². The maximum Gasteiger partial charge on any atom is 0.232 e. The van der Waals surface area contributed by atoms with Crippen LogP contribution in [0, 0.1) is 0 Å². The van der Waals surface area contributed by atoms with E-state index in [2.05, 4.69) is 0 Å². The van der Waals surface area contributed by atoms with Gasteiger partial charge in [-0.1, -0.05) is 23.7 Å². The van der Waals surface area contributed by atoms with Crippen molar-refractivity contribution in [2.45, 2.75) is 31.6 Å². The van der Waals surface area contributed by atoms with Crippen LogP contribution >= 0.6 is 11.6 Å². The lowest BCUT2D eigenvalue weighted by Gasteiger charge is -2.38. The number of benzene rings is 2. The van der Waals surface area contributed by atoms with E-state index in [-0.39, 0.29) is 18.1 Å². The molecule has 0 fully saturated rings. The zero-order valence-electron chi connectivity index (χ0n) is 17.7. The number of halogens is 1. The number of methoxy groups -OCH3 is 3. The van der Waals surface area contributed by atoms with Gasteiger partial charge in [0.05, 0.1) is 27.0 Å². The predicted octanol–water partition coefficient (Wildman–Crippen LogP) is 4.89. The van der Waals surface area contributed by atoms with Crippen molar-refractivity contribution >= 4 is 29.0 Å². The summed E-state index contributed by atoms with van der Waals surface area (Å²) in [6.45, 7) is 0. The molecule has 0 N–H and O–H groups in total. The van der Waals surface area contributed by atoms with E-state index in [1.165, 1.54) is 7.11 Å². The van der Waals surface area contributed by atoms with Crippen molar-refractivity contribution in [3.8, 4) is 17.2 Å². The van der Waals surface area contributed by atoms with Crippen molar-refractivity contribution in [3.63, 3.8) is 0 Å². The number of rotatable bonds is 5. The summed E-state index contributed by atoms with van der Waals surface area (Å²) >= 11 is 6.18. The molecule has 31 heavy (non-hydrogen) atoms. The molecule has 7 heteroatoms. The monoisotopic (exact) mass is 441 g/mol. The number of ketones is 1. The fourth-order valence-electron chi connectivity index (χ4n) is 4.57. The smallest absolute Gasteiger partial charge is 0.232 e. The first kappa shape index (κ1) is 21.2. The van der Waals surface area contributed by atoms with Crippen LogP contribution in [0.2, 0.25) is 5.02 Å². The van der Waals surface area contributed by atoms with E-state index < -0.39 is 5.92 Å². The van der Waals surface area contributed by atoms with Crippen molar-refractivity contribution < 1.29 is 23.8 Å². The van der Waals surface area contributed by atoms with Crippen LogP contribution in [0.25, 0.3) is 0 Å². The van der Waals surface area contributed by atoms with Crippen LogP contribution in [0.3, 0.4) is 0 Å². The second-order valence-corrected chi connectivity index (χ2v) is 7.96. The van der Waals surface area contributed by atoms with Gasteiger partial charge in [-0.25, -0.2) is 0 Å². The van der Waals surface area contributed by atoms with E-state index in [0.717, 1.165) is 11.3 Å². The summed E-state index contributed by atoms with van der Waals surface area (Å²) in [6.07, 6.45) is 1.95. The lowest BCUT2D eigenvalue weighted by atomic mass is 9.76. The molecule has 0 radical (unpaired) electrons. The molecule has 6 nitrogen and oxygen atoms in total. The Kier molecular flexibility index (Phi) is 5.92. The highest BCUT2D eigenvalue weighted by molar-refractivity contribution is 6.31. The number of nitrogens with zero attached hydrogens (tertiary/aromatic N) is 1. The van der Waals surface area contributed by atoms with Gasteiger partial charge >= 0.3 is 0 Å². The third kappa shape index (κ3) is 3.65. The lowest BCUT2D eigenvalue weighted by Crippen LogP contribution is -2.40. The highest BCUT2D eigenvalue weighted by Crippen LogP contribution is 2.49. The molecular weight excluding hydrogens is 418 g/mol. The first-order valence-corrected chi connectivity index (χ1v) is 10.5. The molecular formula is C24H24ClNO5. The molecule has 1 amide bonds. The minimum Gasteiger partial charge on any atom is -0.493 e. The van der Waals surface area contributed by atoms with E-state index in [1.807, 2.05) is 12.1 Å². The van der Waals surface area contributed by atoms with E-state index in [9.17, 15) is 9.59 Å². The van der Waals surface area contributed by atoms with E-state index in [0.29, 0.717) is 52.8 Å². The number of amides is 1. The van der Waals surface area contributed by atoms with Crippen molar-refractivity contribution in [2.24, 2.45) is 0 Å². The molecule has 2 aromatic carbocycles. The minimum absolute atomic E-state index is 0.0580. The highest BCUT2D eigenvalue weighted by atomic mass is 35.5. The van der Waals surface area contributed by atoms with E-state index in [4.69, 9.17) is 25.8 Å². The maximum absolute atomic E-state index is 13.4. The number of carbonyl (C=O) groups excluding carboxylic acids is 2. The highest BCUT2D eigenvalue weighted by Gasteiger charge is 2.41. The summed E-state index contributed by atoms with van der Waals surface area (Å²) in [6, 6.07) is 10.8. The molecule has 0 bridgehead atoms. The van der Waals surface area contributed by atoms with Crippen molar-refractivity contribution in [2.75, 3.05) is 26.2 Å². The Labute approximate surface area is 186 Å². The Morgan fingerprint density at radius 2 is 1.74 bits per heavy atom. The Balaban J connectivity index is 1.91. The maximum atomic E-state index is 13.4. The number of hydrogen-bond acceptors (Lipinski definition) is 5. The summed E-state index contributed by atoms with van der Waals surface area (Å²) < 4.78 is 16.6. The summed E-state index contributed by atoms with van der Waals surface area (Å²) in [5.74, 6) is 0.995. The van der Waals surface area contributed by atoms with Gasteiger partial charge < -0.3 is 14.2 Å². The summed E-state index contributed by atoms with van der Waals surface area (Å²) in [5, 5.41) is 0.540. The SMILES string of the molecule is COc1ccc([C@H]2CC(=O)N(c3cccc(Cl)c3)C3=C2C(=O)CCC3)c(OC)c1OC. The molecule has 2 aromatic rings. The molecule has 4 rings (SSSR count). The second-order valence-electron chi connectivity index (χ2n) is 7.53. The topological polar surface area (TPSA) is 65.1 Å². The standard InChI is InChI=1S/C24H24ClNO5/c1-29-20-11-10-16(23(30-2)24(20)31-3)17-13-21(28)26(15-7-4-6-14(25)12-15)18-8-5-9-19(27)22(17)18/h4,6-7,10-12,17H,5,8-9,13H2,1-3H3/t17-/m1/s1. The van der Waals surface area contributed by atoms with Gasteiger partial charge in [-0.3, -0.25) is 14.5 Å². The number of carbonyl (C=O) groups is 2. The first-order valence-electron chi connectivity index (χ1n) is 10.1. The van der Waals surface area contributed by atoms with Gasteiger partial charge in [0.15, 0.2) is 17.3 Å².